The van der Waals surface area contributed by atoms with Crippen LogP contribution in [0.25, 0.3) is 0 Å². The molecule has 0 saturated heterocycles. The average molecular weight is 298 g/mol. The van der Waals surface area contributed by atoms with Crippen LogP contribution >= 0.6 is 0 Å². The molecule has 4 heteroatoms. The van der Waals surface area contributed by atoms with E-state index in [9.17, 15) is 4.79 Å². The minimum Gasteiger partial charge on any atom is -0.496 e. The topological polar surface area (TPSA) is 50.4 Å². The van der Waals surface area contributed by atoms with Crippen molar-refractivity contribution in [3.8, 4) is 5.75 Å². The van der Waals surface area contributed by atoms with Crippen molar-refractivity contribution in [1.82, 2.24) is 10.6 Å². The fourth-order valence-corrected chi connectivity index (χ4v) is 2.30. The van der Waals surface area contributed by atoms with Gasteiger partial charge in [-0.25, -0.2) is 4.79 Å². The summed E-state index contributed by atoms with van der Waals surface area (Å²) < 4.78 is 5.36. The van der Waals surface area contributed by atoms with E-state index >= 15 is 0 Å². The first-order chi connectivity index (χ1) is 10.6. The molecule has 2 N–H and O–H groups in total. The molecule has 2 aromatic rings. The number of amides is 2. The lowest BCUT2D eigenvalue weighted by molar-refractivity contribution is 0.237. The first kappa shape index (κ1) is 15.9. The molecular weight excluding hydrogens is 276 g/mol. The summed E-state index contributed by atoms with van der Waals surface area (Å²) in [6.07, 6.45) is 0. The van der Waals surface area contributed by atoms with Gasteiger partial charge in [0.05, 0.1) is 13.2 Å². The van der Waals surface area contributed by atoms with E-state index in [2.05, 4.69) is 10.6 Å². The molecule has 0 fully saturated rings. The van der Waals surface area contributed by atoms with Gasteiger partial charge in [-0.1, -0.05) is 48.0 Å². The Labute approximate surface area is 131 Å². The quantitative estimate of drug-likeness (QED) is 0.886. The van der Waals surface area contributed by atoms with Crippen LogP contribution in [0.5, 0.6) is 5.75 Å². The molecule has 1 atom stereocenters. The van der Waals surface area contributed by atoms with Crippen LogP contribution in [0.3, 0.4) is 0 Å². The molecule has 0 heterocycles. The van der Waals surface area contributed by atoms with E-state index in [0.29, 0.717) is 6.54 Å². The average Bonchev–Trinajstić information content (AvgIpc) is 2.54. The van der Waals surface area contributed by atoms with Crippen molar-refractivity contribution in [2.75, 3.05) is 7.11 Å². The monoisotopic (exact) mass is 298 g/mol. The fraction of sp³-hybridized carbons (Fsp3) is 0.278. The van der Waals surface area contributed by atoms with Crippen LogP contribution in [0.2, 0.25) is 0 Å². The van der Waals surface area contributed by atoms with Crippen molar-refractivity contribution < 1.29 is 9.53 Å². The Balaban J connectivity index is 1.95. The van der Waals surface area contributed by atoms with Crippen molar-refractivity contribution in [3.05, 3.63) is 65.2 Å². The molecule has 0 saturated carbocycles. The van der Waals surface area contributed by atoms with Crippen molar-refractivity contribution in [2.24, 2.45) is 0 Å². The number of hydrogen-bond acceptors (Lipinski definition) is 2. The van der Waals surface area contributed by atoms with Gasteiger partial charge in [-0.05, 0) is 25.5 Å². The Hall–Kier alpha value is -2.49. The van der Waals surface area contributed by atoms with Crippen molar-refractivity contribution in [2.45, 2.75) is 26.4 Å². The number of methoxy groups -OCH3 is 1. The molecule has 0 aromatic heterocycles. The number of nitrogens with one attached hydrogen (secondary N) is 2. The Kier molecular flexibility index (Phi) is 5.42. The molecule has 0 aliphatic heterocycles. The van der Waals surface area contributed by atoms with Gasteiger partial charge >= 0.3 is 6.03 Å². The van der Waals surface area contributed by atoms with Gasteiger partial charge in [0.2, 0.25) is 0 Å². The highest BCUT2D eigenvalue weighted by molar-refractivity contribution is 5.74. The highest BCUT2D eigenvalue weighted by Gasteiger charge is 2.14. The minimum atomic E-state index is -0.195. The molecule has 0 spiro atoms. The van der Waals surface area contributed by atoms with Gasteiger partial charge in [0.15, 0.2) is 0 Å². The summed E-state index contributed by atoms with van der Waals surface area (Å²) in [5.41, 5.74) is 3.17. The van der Waals surface area contributed by atoms with Gasteiger partial charge in [0.1, 0.15) is 5.75 Å². The van der Waals surface area contributed by atoms with Gasteiger partial charge in [-0.15, -0.1) is 0 Å². The second-order valence-electron chi connectivity index (χ2n) is 5.28. The SMILES string of the molecule is COc1ccc(C)cc1C(C)NC(=O)NCc1ccccc1. The van der Waals surface area contributed by atoms with E-state index < -0.39 is 0 Å². The summed E-state index contributed by atoms with van der Waals surface area (Å²) in [5.74, 6) is 0.779. The van der Waals surface area contributed by atoms with E-state index in [0.717, 1.165) is 22.4 Å². The maximum Gasteiger partial charge on any atom is 0.315 e. The highest BCUT2D eigenvalue weighted by atomic mass is 16.5. The zero-order valence-electron chi connectivity index (χ0n) is 13.2. The predicted octanol–water partition coefficient (Wildman–Crippen LogP) is 3.56. The zero-order chi connectivity index (χ0) is 15.9. The lowest BCUT2D eigenvalue weighted by Gasteiger charge is -2.18. The molecule has 0 aliphatic rings. The molecule has 2 aromatic carbocycles. The predicted molar refractivity (Wildman–Crippen MR) is 88.0 cm³/mol. The maximum atomic E-state index is 12.0. The largest absolute Gasteiger partial charge is 0.496 e. The summed E-state index contributed by atoms with van der Waals surface area (Å²) >= 11 is 0. The lowest BCUT2D eigenvalue weighted by Crippen LogP contribution is -2.36. The van der Waals surface area contributed by atoms with Gasteiger partial charge in [0, 0.05) is 12.1 Å². The fourth-order valence-electron chi connectivity index (χ4n) is 2.30. The maximum absolute atomic E-state index is 12.0. The van der Waals surface area contributed by atoms with Gasteiger partial charge in [-0.3, -0.25) is 0 Å². The Morgan fingerprint density at radius 3 is 2.59 bits per heavy atom. The van der Waals surface area contributed by atoms with Gasteiger partial charge < -0.3 is 15.4 Å². The first-order valence-electron chi connectivity index (χ1n) is 7.33. The van der Waals surface area contributed by atoms with Crippen molar-refractivity contribution >= 4 is 6.03 Å². The molecule has 0 aliphatic carbocycles. The molecule has 2 rings (SSSR count). The summed E-state index contributed by atoms with van der Waals surface area (Å²) in [6.45, 7) is 4.47. The summed E-state index contributed by atoms with van der Waals surface area (Å²) in [5, 5.41) is 5.80. The Bertz CT molecular complexity index is 626. The molecular formula is C18H22N2O2. The van der Waals surface area contributed by atoms with Crippen LogP contribution < -0.4 is 15.4 Å². The van der Waals surface area contributed by atoms with Crippen LogP contribution in [-0.2, 0) is 6.54 Å². The highest BCUT2D eigenvalue weighted by Crippen LogP contribution is 2.25. The van der Waals surface area contributed by atoms with Crippen molar-refractivity contribution in [3.63, 3.8) is 0 Å². The van der Waals surface area contributed by atoms with Crippen molar-refractivity contribution in [1.29, 1.82) is 0 Å². The van der Waals surface area contributed by atoms with E-state index in [1.165, 1.54) is 0 Å². The molecule has 1 unspecified atom stereocenters. The number of ether oxygens (including phenoxy) is 1. The first-order valence-corrected chi connectivity index (χ1v) is 7.33. The lowest BCUT2D eigenvalue weighted by atomic mass is 10.0. The number of rotatable bonds is 5. The van der Waals surface area contributed by atoms with Gasteiger partial charge in [-0.2, -0.15) is 0 Å². The van der Waals surface area contributed by atoms with E-state index in [1.54, 1.807) is 7.11 Å². The third kappa shape index (κ3) is 4.25. The van der Waals surface area contributed by atoms with E-state index in [4.69, 9.17) is 4.74 Å². The third-order valence-electron chi connectivity index (χ3n) is 3.50. The van der Waals surface area contributed by atoms with Crippen LogP contribution in [0.1, 0.15) is 29.7 Å². The van der Waals surface area contributed by atoms with Crippen LogP contribution in [0.4, 0.5) is 4.79 Å². The second kappa shape index (κ2) is 7.50. The number of urea groups is 1. The summed E-state index contributed by atoms with van der Waals surface area (Å²) in [4.78, 5) is 12.0. The summed E-state index contributed by atoms with van der Waals surface area (Å²) in [7, 11) is 1.64. The number of carbonyl (C=O) groups excluding carboxylic acids is 1. The minimum absolute atomic E-state index is 0.134. The van der Waals surface area contributed by atoms with Crippen LogP contribution in [0, 0.1) is 6.92 Å². The molecule has 0 radical (unpaired) electrons. The van der Waals surface area contributed by atoms with E-state index in [1.807, 2.05) is 62.4 Å². The van der Waals surface area contributed by atoms with Crippen LogP contribution in [0.15, 0.2) is 48.5 Å². The normalized spacial score (nSPS) is 11.6. The smallest absolute Gasteiger partial charge is 0.315 e. The number of benzene rings is 2. The van der Waals surface area contributed by atoms with Gasteiger partial charge in [0.25, 0.3) is 0 Å². The Morgan fingerprint density at radius 2 is 1.91 bits per heavy atom. The molecule has 4 nitrogen and oxygen atoms in total. The number of hydrogen-bond donors (Lipinski definition) is 2. The van der Waals surface area contributed by atoms with Crippen LogP contribution in [-0.4, -0.2) is 13.1 Å². The molecule has 2 amide bonds. The van der Waals surface area contributed by atoms with E-state index in [-0.39, 0.29) is 12.1 Å². The third-order valence-corrected chi connectivity index (χ3v) is 3.50. The zero-order valence-corrected chi connectivity index (χ0v) is 13.2. The molecule has 116 valence electrons. The molecule has 0 bridgehead atoms. The Morgan fingerprint density at radius 1 is 1.18 bits per heavy atom. The number of aryl methyl sites for hydroxylation is 1. The second-order valence-corrected chi connectivity index (χ2v) is 5.28. The molecule has 22 heavy (non-hydrogen) atoms. The standard InChI is InChI=1S/C18H22N2O2/c1-13-9-10-17(22-3)16(11-13)14(2)20-18(21)19-12-15-7-5-4-6-8-15/h4-11,14H,12H2,1-3H3,(H2,19,20,21). The number of carbonyl (C=O) groups is 1. The summed E-state index contributed by atoms with van der Waals surface area (Å²) in [6, 6.07) is 15.4.